The first-order valence-corrected chi connectivity index (χ1v) is 5.98. The Morgan fingerprint density at radius 1 is 1.56 bits per heavy atom. The number of amides is 1. The molecular weight excluding hydrogens is 206 g/mol. The summed E-state index contributed by atoms with van der Waals surface area (Å²) in [4.78, 5) is 13.9. The van der Waals surface area contributed by atoms with Crippen molar-refractivity contribution < 1.29 is 9.53 Å². The molecule has 1 aliphatic rings. The Bertz CT molecular complexity index is 207. The summed E-state index contributed by atoms with van der Waals surface area (Å²) in [7, 11) is 1.63. The Hall–Kier alpha value is -0.650. The zero-order valence-electron chi connectivity index (χ0n) is 10.3. The van der Waals surface area contributed by atoms with Crippen molar-refractivity contribution in [3.8, 4) is 0 Å². The third-order valence-corrected chi connectivity index (χ3v) is 2.76. The average molecular weight is 229 g/mol. The van der Waals surface area contributed by atoms with Gasteiger partial charge in [0.1, 0.15) is 0 Å². The molecule has 0 saturated carbocycles. The monoisotopic (exact) mass is 229 g/mol. The van der Waals surface area contributed by atoms with Crippen LogP contribution in [0.2, 0.25) is 0 Å². The summed E-state index contributed by atoms with van der Waals surface area (Å²) in [6, 6.07) is 0.535. The SMILES string of the molecule is CCCN(CC(=O)NCCOC)C1CNC1. The van der Waals surface area contributed by atoms with Gasteiger partial charge in [0.15, 0.2) is 0 Å². The molecule has 0 bridgehead atoms. The second kappa shape index (κ2) is 7.60. The van der Waals surface area contributed by atoms with E-state index >= 15 is 0 Å². The summed E-state index contributed by atoms with van der Waals surface area (Å²) in [5, 5.41) is 6.08. The molecule has 1 rings (SSSR count). The van der Waals surface area contributed by atoms with E-state index in [1.54, 1.807) is 7.11 Å². The van der Waals surface area contributed by atoms with Crippen LogP contribution in [-0.4, -0.2) is 63.3 Å². The largest absolute Gasteiger partial charge is 0.383 e. The van der Waals surface area contributed by atoms with E-state index in [1.807, 2.05) is 0 Å². The van der Waals surface area contributed by atoms with Crippen LogP contribution in [0.25, 0.3) is 0 Å². The Morgan fingerprint density at radius 3 is 2.81 bits per heavy atom. The molecule has 1 amide bonds. The molecule has 0 aromatic heterocycles. The number of carbonyl (C=O) groups excluding carboxylic acids is 1. The van der Waals surface area contributed by atoms with Gasteiger partial charge in [0.25, 0.3) is 0 Å². The van der Waals surface area contributed by atoms with Crippen LogP contribution in [0, 0.1) is 0 Å². The quantitative estimate of drug-likeness (QED) is 0.548. The summed E-state index contributed by atoms with van der Waals surface area (Å²) in [6.07, 6.45) is 1.09. The molecule has 5 nitrogen and oxygen atoms in total. The maximum Gasteiger partial charge on any atom is 0.234 e. The van der Waals surface area contributed by atoms with Crippen LogP contribution in [-0.2, 0) is 9.53 Å². The first-order valence-electron chi connectivity index (χ1n) is 5.98. The van der Waals surface area contributed by atoms with Crippen molar-refractivity contribution in [2.75, 3.05) is 46.4 Å². The van der Waals surface area contributed by atoms with Crippen molar-refractivity contribution in [1.29, 1.82) is 0 Å². The summed E-state index contributed by atoms with van der Waals surface area (Å²) in [5.74, 6) is 0.0948. The second-order valence-corrected chi connectivity index (χ2v) is 4.13. The standard InChI is InChI=1S/C11H23N3O2/c1-3-5-14(10-7-12-8-10)9-11(15)13-4-6-16-2/h10,12H,3-9H2,1-2H3,(H,13,15). The molecule has 0 aliphatic carbocycles. The van der Waals surface area contributed by atoms with Crippen LogP contribution in [0.5, 0.6) is 0 Å². The minimum absolute atomic E-state index is 0.0948. The van der Waals surface area contributed by atoms with E-state index in [-0.39, 0.29) is 5.91 Å². The molecule has 0 radical (unpaired) electrons. The number of ether oxygens (including phenoxy) is 1. The smallest absolute Gasteiger partial charge is 0.234 e. The van der Waals surface area contributed by atoms with E-state index in [4.69, 9.17) is 4.74 Å². The van der Waals surface area contributed by atoms with Gasteiger partial charge in [-0.05, 0) is 13.0 Å². The lowest BCUT2D eigenvalue weighted by Gasteiger charge is -2.37. The van der Waals surface area contributed by atoms with E-state index in [0.717, 1.165) is 26.1 Å². The Morgan fingerprint density at radius 2 is 2.31 bits per heavy atom. The first kappa shape index (κ1) is 13.4. The lowest BCUT2D eigenvalue weighted by molar-refractivity contribution is -0.123. The average Bonchev–Trinajstić information content (AvgIpc) is 2.15. The van der Waals surface area contributed by atoms with Gasteiger partial charge in [-0.15, -0.1) is 0 Å². The van der Waals surface area contributed by atoms with Crippen molar-refractivity contribution in [1.82, 2.24) is 15.5 Å². The molecule has 16 heavy (non-hydrogen) atoms. The van der Waals surface area contributed by atoms with Gasteiger partial charge in [0.2, 0.25) is 5.91 Å². The summed E-state index contributed by atoms with van der Waals surface area (Å²) in [5.41, 5.74) is 0. The predicted octanol–water partition coefficient (Wildman–Crippen LogP) is -0.567. The molecule has 0 aromatic carbocycles. The molecule has 1 aliphatic heterocycles. The van der Waals surface area contributed by atoms with Gasteiger partial charge in [0, 0.05) is 32.8 Å². The molecule has 0 unspecified atom stereocenters. The fourth-order valence-corrected chi connectivity index (χ4v) is 1.74. The number of rotatable bonds is 8. The molecule has 94 valence electrons. The number of nitrogens with one attached hydrogen (secondary N) is 2. The Balaban J connectivity index is 2.21. The molecular formula is C11H23N3O2. The molecule has 0 aromatic rings. The van der Waals surface area contributed by atoms with Crippen molar-refractivity contribution in [3.63, 3.8) is 0 Å². The molecule has 1 fully saturated rings. The van der Waals surface area contributed by atoms with Crippen LogP contribution in [0.3, 0.4) is 0 Å². The minimum atomic E-state index is 0.0948. The molecule has 1 heterocycles. The molecule has 0 spiro atoms. The zero-order chi connectivity index (χ0) is 11.8. The van der Waals surface area contributed by atoms with Crippen molar-refractivity contribution in [2.45, 2.75) is 19.4 Å². The van der Waals surface area contributed by atoms with E-state index < -0.39 is 0 Å². The minimum Gasteiger partial charge on any atom is -0.383 e. The summed E-state index contributed by atoms with van der Waals surface area (Å²) >= 11 is 0. The van der Waals surface area contributed by atoms with Crippen LogP contribution >= 0.6 is 0 Å². The van der Waals surface area contributed by atoms with Gasteiger partial charge in [-0.2, -0.15) is 0 Å². The van der Waals surface area contributed by atoms with E-state index in [0.29, 0.717) is 25.7 Å². The van der Waals surface area contributed by atoms with E-state index in [9.17, 15) is 4.79 Å². The topological polar surface area (TPSA) is 53.6 Å². The predicted molar refractivity (Wildman–Crippen MR) is 63.4 cm³/mol. The van der Waals surface area contributed by atoms with E-state index in [1.165, 1.54) is 0 Å². The van der Waals surface area contributed by atoms with Gasteiger partial charge in [0.05, 0.1) is 13.2 Å². The third kappa shape index (κ3) is 4.47. The van der Waals surface area contributed by atoms with Gasteiger partial charge < -0.3 is 15.4 Å². The molecule has 2 N–H and O–H groups in total. The third-order valence-electron chi connectivity index (χ3n) is 2.76. The fraction of sp³-hybridized carbons (Fsp3) is 0.909. The van der Waals surface area contributed by atoms with Crippen molar-refractivity contribution in [2.24, 2.45) is 0 Å². The first-order chi connectivity index (χ1) is 7.77. The molecule has 5 heteroatoms. The lowest BCUT2D eigenvalue weighted by atomic mass is 10.1. The van der Waals surface area contributed by atoms with Crippen LogP contribution in [0.4, 0.5) is 0 Å². The summed E-state index contributed by atoms with van der Waals surface area (Å²) < 4.78 is 4.89. The number of nitrogens with zero attached hydrogens (tertiary/aromatic N) is 1. The second-order valence-electron chi connectivity index (χ2n) is 4.13. The van der Waals surface area contributed by atoms with Gasteiger partial charge >= 0.3 is 0 Å². The maximum atomic E-state index is 11.6. The maximum absolute atomic E-state index is 11.6. The highest BCUT2D eigenvalue weighted by Gasteiger charge is 2.25. The fourth-order valence-electron chi connectivity index (χ4n) is 1.74. The zero-order valence-corrected chi connectivity index (χ0v) is 10.3. The summed E-state index contributed by atoms with van der Waals surface area (Å²) in [6.45, 7) is 6.81. The number of methoxy groups -OCH3 is 1. The number of hydrogen-bond acceptors (Lipinski definition) is 4. The number of hydrogen-bond donors (Lipinski definition) is 2. The number of carbonyl (C=O) groups is 1. The lowest BCUT2D eigenvalue weighted by Crippen LogP contribution is -2.59. The van der Waals surface area contributed by atoms with Gasteiger partial charge in [-0.3, -0.25) is 9.69 Å². The molecule has 1 saturated heterocycles. The Kier molecular flexibility index (Phi) is 6.37. The highest BCUT2D eigenvalue weighted by molar-refractivity contribution is 5.78. The van der Waals surface area contributed by atoms with Gasteiger partial charge in [-0.1, -0.05) is 6.92 Å². The van der Waals surface area contributed by atoms with Crippen molar-refractivity contribution in [3.05, 3.63) is 0 Å². The highest BCUT2D eigenvalue weighted by atomic mass is 16.5. The van der Waals surface area contributed by atoms with Crippen LogP contribution in [0.15, 0.2) is 0 Å². The van der Waals surface area contributed by atoms with E-state index in [2.05, 4.69) is 22.5 Å². The van der Waals surface area contributed by atoms with Crippen LogP contribution in [0.1, 0.15) is 13.3 Å². The Labute approximate surface area is 97.5 Å². The normalized spacial score (nSPS) is 16.2. The highest BCUT2D eigenvalue weighted by Crippen LogP contribution is 2.05. The van der Waals surface area contributed by atoms with Crippen molar-refractivity contribution >= 4 is 5.91 Å². The molecule has 0 atom stereocenters. The van der Waals surface area contributed by atoms with Gasteiger partial charge in [-0.25, -0.2) is 0 Å². The van der Waals surface area contributed by atoms with Crippen LogP contribution < -0.4 is 10.6 Å².